The highest BCUT2D eigenvalue weighted by molar-refractivity contribution is 7.99. The number of thioether (sulfide) groups is 1. The van der Waals surface area contributed by atoms with Gasteiger partial charge in [0.2, 0.25) is 5.91 Å². The number of thiophene rings is 1. The van der Waals surface area contributed by atoms with Gasteiger partial charge in [-0.3, -0.25) is 14.2 Å². The van der Waals surface area contributed by atoms with Gasteiger partial charge in [-0.2, -0.15) is 0 Å². The summed E-state index contributed by atoms with van der Waals surface area (Å²) in [5.74, 6) is 0.456. The first kappa shape index (κ1) is 27.2. The van der Waals surface area contributed by atoms with Crippen LogP contribution < -0.4 is 10.6 Å². The number of aromatic nitrogens is 3. The predicted octanol–water partition coefficient (Wildman–Crippen LogP) is 6.39. The summed E-state index contributed by atoms with van der Waals surface area (Å²) in [6.07, 6.45) is 5.69. The van der Waals surface area contributed by atoms with Crippen LogP contribution in [0.25, 0.3) is 11.4 Å². The van der Waals surface area contributed by atoms with Crippen molar-refractivity contribution in [3.63, 3.8) is 0 Å². The van der Waals surface area contributed by atoms with Crippen molar-refractivity contribution in [2.45, 2.75) is 43.9 Å². The maximum Gasteiger partial charge on any atom is 0.254 e. The molecular formula is C29H28ClN5O2S2. The Morgan fingerprint density at radius 3 is 2.62 bits per heavy atom. The van der Waals surface area contributed by atoms with E-state index in [0.29, 0.717) is 39.7 Å². The molecule has 2 amide bonds. The number of anilines is 1. The van der Waals surface area contributed by atoms with E-state index in [9.17, 15) is 9.59 Å². The van der Waals surface area contributed by atoms with Crippen LogP contribution in [0.5, 0.6) is 0 Å². The molecule has 2 heterocycles. The van der Waals surface area contributed by atoms with Crippen LogP contribution in [0.3, 0.4) is 0 Å². The number of rotatable bonds is 10. The van der Waals surface area contributed by atoms with Crippen LogP contribution in [-0.2, 0) is 30.7 Å². The lowest BCUT2D eigenvalue weighted by atomic mass is 9.95. The number of aryl methyl sites for hydroxylation is 1. The molecule has 2 N–H and O–H groups in total. The Hall–Kier alpha value is -3.40. The van der Waals surface area contributed by atoms with Crippen LogP contribution in [0.15, 0.2) is 72.4 Å². The first-order valence-corrected chi connectivity index (χ1v) is 14.9. The summed E-state index contributed by atoms with van der Waals surface area (Å²) in [5, 5.41) is 16.6. The Balaban J connectivity index is 1.30. The van der Waals surface area contributed by atoms with Crippen molar-refractivity contribution in [2.24, 2.45) is 0 Å². The monoisotopic (exact) mass is 577 g/mol. The molecule has 4 aromatic rings. The topological polar surface area (TPSA) is 88.9 Å². The van der Waals surface area contributed by atoms with Crippen molar-refractivity contribution in [3.8, 4) is 11.4 Å². The number of carbonyl (C=O) groups excluding carboxylic acids is 2. The van der Waals surface area contributed by atoms with Crippen LogP contribution in [0.1, 0.15) is 39.2 Å². The van der Waals surface area contributed by atoms with Gasteiger partial charge in [-0.05, 0) is 61.1 Å². The fraction of sp³-hybridized carbons (Fsp3) is 0.241. The zero-order valence-electron chi connectivity index (χ0n) is 21.3. The lowest BCUT2D eigenvalue weighted by Gasteiger charge is -2.13. The Morgan fingerprint density at radius 1 is 1.08 bits per heavy atom. The maximum atomic E-state index is 13.3. The number of nitrogens with zero attached hydrogens (tertiary/aromatic N) is 3. The minimum Gasteiger partial charge on any atom is -0.348 e. The summed E-state index contributed by atoms with van der Waals surface area (Å²) in [6, 6.07) is 17.2. The third kappa shape index (κ3) is 6.43. The van der Waals surface area contributed by atoms with Gasteiger partial charge in [0.05, 0.1) is 11.3 Å². The van der Waals surface area contributed by atoms with Crippen LogP contribution in [0.4, 0.5) is 5.00 Å². The molecule has 0 aliphatic heterocycles. The average Bonchev–Trinajstić information content (AvgIpc) is 3.52. The third-order valence-corrected chi connectivity index (χ3v) is 8.84. The second-order valence-corrected chi connectivity index (χ2v) is 11.6. The molecule has 0 unspecified atom stereocenters. The number of nitrogens with one attached hydrogen (secondary N) is 2. The molecule has 200 valence electrons. The summed E-state index contributed by atoms with van der Waals surface area (Å²) >= 11 is 8.85. The molecule has 1 aliphatic carbocycles. The van der Waals surface area contributed by atoms with E-state index in [0.717, 1.165) is 42.4 Å². The van der Waals surface area contributed by atoms with E-state index in [1.54, 1.807) is 18.2 Å². The van der Waals surface area contributed by atoms with Crippen molar-refractivity contribution < 1.29 is 9.59 Å². The zero-order chi connectivity index (χ0) is 27.2. The highest BCUT2D eigenvalue weighted by Crippen LogP contribution is 2.38. The molecular weight excluding hydrogens is 550 g/mol. The molecule has 0 fully saturated rings. The van der Waals surface area contributed by atoms with Crippen molar-refractivity contribution in [1.82, 2.24) is 20.1 Å². The molecule has 39 heavy (non-hydrogen) atoms. The third-order valence-electron chi connectivity index (χ3n) is 6.41. The number of fused-ring (bicyclic) bond motifs is 1. The highest BCUT2D eigenvalue weighted by Gasteiger charge is 2.26. The first-order valence-electron chi connectivity index (χ1n) is 12.7. The molecule has 10 heteroatoms. The van der Waals surface area contributed by atoms with Gasteiger partial charge in [0.25, 0.3) is 5.91 Å². The molecule has 1 aliphatic rings. The molecule has 2 aromatic carbocycles. The Morgan fingerprint density at radius 2 is 1.85 bits per heavy atom. The second-order valence-electron chi connectivity index (χ2n) is 9.13. The van der Waals surface area contributed by atoms with Crippen molar-refractivity contribution in [3.05, 3.63) is 93.8 Å². The van der Waals surface area contributed by atoms with Crippen LogP contribution in [0.2, 0.25) is 5.02 Å². The highest BCUT2D eigenvalue weighted by atomic mass is 35.5. The summed E-state index contributed by atoms with van der Waals surface area (Å²) < 4.78 is 1.92. The van der Waals surface area contributed by atoms with E-state index >= 15 is 0 Å². The predicted molar refractivity (Wildman–Crippen MR) is 159 cm³/mol. The van der Waals surface area contributed by atoms with E-state index in [1.807, 2.05) is 47.0 Å². The van der Waals surface area contributed by atoms with Gasteiger partial charge < -0.3 is 10.6 Å². The van der Waals surface area contributed by atoms with Gasteiger partial charge in [0.1, 0.15) is 5.00 Å². The number of allylic oxidation sites excluding steroid dienone is 1. The molecule has 0 spiro atoms. The van der Waals surface area contributed by atoms with Crippen LogP contribution in [-0.4, -0.2) is 32.3 Å². The molecule has 0 bridgehead atoms. The molecule has 5 rings (SSSR count). The summed E-state index contributed by atoms with van der Waals surface area (Å²) in [6.45, 7) is 4.78. The molecule has 0 saturated carbocycles. The van der Waals surface area contributed by atoms with Crippen LogP contribution in [0, 0.1) is 0 Å². The van der Waals surface area contributed by atoms with Gasteiger partial charge in [-0.1, -0.05) is 59.8 Å². The Labute approximate surface area is 240 Å². The van der Waals surface area contributed by atoms with E-state index in [4.69, 9.17) is 11.6 Å². The largest absolute Gasteiger partial charge is 0.348 e. The number of hydrogen-bond acceptors (Lipinski definition) is 6. The normalized spacial score (nSPS) is 12.5. The van der Waals surface area contributed by atoms with Crippen molar-refractivity contribution >= 4 is 51.5 Å². The molecule has 7 nitrogen and oxygen atoms in total. The number of amides is 2. The smallest absolute Gasteiger partial charge is 0.254 e. The first-order chi connectivity index (χ1) is 19.0. The summed E-state index contributed by atoms with van der Waals surface area (Å²) in [7, 11) is 0. The lowest BCUT2D eigenvalue weighted by Crippen LogP contribution is -2.25. The molecule has 2 aromatic heterocycles. The number of hydrogen-bond donors (Lipinski definition) is 2. The van der Waals surface area contributed by atoms with Gasteiger partial charge >= 0.3 is 0 Å². The zero-order valence-corrected chi connectivity index (χ0v) is 23.7. The van der Waals surface area contributed by atoms with Crippen molar-refractivity contribution in [1.29, 1.82) is 0 Å². The maximum absolute atomic E-state index is 13.3. The standard InChI is InChI=1S/C29H28ClN5O2S2/c1-2-16-35-26(20-12-14-21(30)15-13-20)33-34-29(35)38-18-24(36)32-28-25(22-10-6-7-11-23(22)39-28)27(37)31-17-19-8-4-3-5-9-19/h2-5,8-9,12-15H,1,6-7,10-11,16-18H2,(H,31,37)(H,32,36). The summed E-state index contributed by atoms with van der Waals surface area (Å²) in [5.41, 5.74) is 3.57. The SMILES string of the molecule is C=CCn1c(SCC(=O)Nc2sc3c(c2C(=O)NCc2ccccc2)CCCC3)nnc1-c1ccc(Cl)cc1. The van der Waals surface area contributed by atoms with Gasteiger partial charge in [-0.25, -0.2) is 0 Å². The fourth-order valence-corrected chi connectivity index (χ4v) is 6.73. The van der Waals surface area contributed by atoms with E-state index in [-0.39, 0.29) is 17.6 Å². The van der Waals surface area contributed by atoms with E-state index < -0.39 is 0 Å². The van der Waals surface area contributed by atoms with E-state index in [1.165, 1.54) is 28.0 Å². The number of benzene rings is 2. The quantitative estimate of drug-likeness (QED) is 0.168. The molecule has 0 radical (unpaired) electrons. The lowest BCUT2D eigenvalue weighted by molar-refractivity contribution is -0.113. The molecule has 0 atom stereocenters. The molecule has 0 saturated heterocycles. The Bertz CT molecular complexity index is 1480. The Kier molecular flexibility index (Phi) is 8.81. The minimum absolute atomic E-state index is 0.129. The summed E-state index contributed by atoms with van der Waals surface area (Å²) in [4.78, 5) is 27.6. The number of halogens is 1. The average molecular weight is 578 g/mol. The second kappa shape index (κ2) is 12.6. The number of carbonyl (C=O) groups is 2. The van der Waals surface area contributed by atoms with Gasteiger partial charge in [-0.15, -0.1) is 28.1 Å². The van der Waals surface area contributed by atoms with Crippen LogP contribution >= 0.6 is 34.7 Å². The van der Waals surface area contributed by atoms with E-state index in [2.05, 4.69) is 27.4 Å². The van der Waals surface area contributed by atoms with Crippen molar-refractivity contribution in [2.75, 3.05) is 11.1 Å². The van der Waals surface area contributed by atoms with Gasteiger partial charge in [0.15, 0.2) is 11.0 Å². The fourth-order valence-electron chi connectivity index (χ4n) is 4.56. The van der Waals surface area contributed by atoms with Gasteiger partial charge in [0, 0.05) is 28.6 Å². The minimum atomic E-state index is -0.197.